The van der Waals surface area contributed by atoms with Gasteiger partial charge in [-0.3, -0.25) is 9.36 Å². The monoisotopic (exact) mass is 355 g/mol. The van der Waals surface area contributed by atoms with Crippen LogP contribution in [0.15, 0.2) is 47.3 Å². The average Bonchev–Trinajstić information content (AvgIpc) is 2.96. The molecular weight excluding hydrogens is 334 g/mol. The van der Waals surface area contributed by atoms with Crippen molar-refractivity contribution < 1.29 is 14.6 Å². The van der Waals surface area contributed by atoms with Gasteiger partial charge in [-0.05, 0) is 42.8 Å². The summed E-state index contributed by atoms with van der Waals surface area (Å²) in [5.41, 5.74) is 2.48. The van der Waals surface area contributed by atoms with Crippen molar-refractivity contribution in [3.63, 3.8) is 0 Å². The third-order valence-electron chi connectivity index (χ3n) is 4.09. The first-order valence-electron chi connectivity index (χ1n) is 8.45. The van der Waals surface area contributed by atoms with Crippen LogP contribution in [0.3, 0.4) is 0 Å². The van der Waals surface area contributed by atoms with Gasteiger partial charge in [-0.2, -0.15) is 0 Å². The quantitative estimate of drug-likeness (QED) is 0.565. The van der Waals surface area contributed by atoms with Crippen LogP contribution in [0.4, 0.5) is 0 Å². The summed E-state index contributed by atoms with van der Waals surface area (Å²) in [5, 5.41) is 12.1. The van der Waals surface area contributed by atoms with E-state index in [1.54, 1.807) is 47.0 Å². The van der Waals surface area contributed by atoms with Crippen molar-refractivity contribution in [2.75, 3.05) is 13.2 Å². The number of aromatic amines is 1. The van der Waals surface area contributed by atoms with E-state index in [2.05, 4.69) is 10.3 Å². The van der Waals surface area contributed by atoms with E-state index >= 15 is 0 Å². The fourth-order valence-electron chi connectivity index (χ4n) is 2.73. The highest BCUT2D eigenvalue weighted by Crippen LogP contribution is 2.14. The van der Waals surface area contributed by atoms with Gasteiger partial charge in [-0.25, -0.2) is 4.79 Å². The maximum absolute atomic E-state index is 12.4. The van der Waals surface area contributed by atoms with E-state index in [4.69, 9.17) is 4.74 Å². The molecule has 1 amide bonds. The van der Waals surface area contributed by atoms with E-state index in [0.717, 1.165) is 11.1 Å². The third kappa shape index (κ3) is 3.94. The summed E-state index contributed by atoms with van der Waals surface area (Å²) in [6.07, 6.45) is 0. The molecule has 3 N–H and O–H groups in total. The lowest BCUT2D eigenvalue weighted by Crippen LogP contribution is -2.22. The number of phenols is 1. The van der Waals surface area contributed by atoms with Crippen molar-refractivity contribution in [1.29, 1.82) is 0 Å². The Labute approximate surface area is 150 Å². The fourth-order valence-corrected chi connectivity index (χ4v) is 2.73. The first kappa shape index (κ1) is 17.8. The molecule has 1 aromatic heterocycles. The number of nitrogens with zero attached hydrogens (tertiary/aromatic N) is 1. The van der Waals surface area contributed by atoms with Gasteiger partial charge in [-0.1, -0.05) is 12.1 Å². The number of H-pyrrole nitrogens is 1. The number of ether oxygens (including phenoxy) is 1. The Bertz CT molecular complexity index is 957. The molecule has 3 rings (SSSR count). The summed E-state index contributed by atoms with van der Waals surface area (Å²) in [6.45, 7) is 3.77. The normalized spacial score (nSPS) is 11.0. The van der Waals surface area contributed by atoms with Crippen LogP contribution >= 0.6 is 0 Å². The number of imidazole rings is 1. The zero-order valence-electron chi connectivity index (χ0n) is 14.5. The minimum atomic E-state index is -0.233. The number of amides is 1. The van der Waals surface area contributed by atoms with E-state index in [1.165, 1.54) is 0 Å². The lowest BCUT2D eigenvalue weighted by molar-refractivity contribution is 0.0951. The smallest absolute Gasteiger partial charge is 0.326 e. The minimum absolute atomic E-state index is 0.184. The molecule has 3 aromatic rings. The molecule has 136 valence electrons. The maximum atomic E-state index is 12.4. The van der Waals surface area contributed by atoms with Gasteiger partial charge in [0.2, 0.25) is 0 Å². The van der Waals surface area contributed by atoms with Crippen molar-refractivity contribution >= 4 is 16.9 Å². The van der Waals surface area contributed by atoms with Gasteiger partial charge in [-0.15, -0.1) is 0 Å². The van der Waals surface area contributed by atoms with Gasteiger partial charge in [0.15, 0.2) is 0 Å². The molecule has 0 aliphatic carbocycles. The molecule has 0 atom stereocenters. The van der Waals surface area contributed by atoms with Crippen molar-refractivity contribution in [2.24, 2.45) is 0 Å². The molecule has 0 fully saturated rings. The van der Waals surface area contributed by atoms with E-state index < -0.39 is 0 Å². The number of aromatic nitrogens is 2. The third-order valence-corrected chi connectivity index (χ3v) is 4.09. The standard InChI is InChI=1S/C19H21N3O4/c1-2-26-10-9-22-17-8-5-14(11-16(17)21-19(22)25)18(24)20-12-13-3-6-15(23)7-4-13/h3-8,11,23H,2,9-10,12H2,1H3,(H,20,24)(H,21,25). The molecule has 7 nitrogen and oxygen atoms in total. The highest BCUT2D eigenvalue weighted by Gasteiger charge is 2.11. The van der Waals surface area contributed by atoms with E-state index in [0.29, 0.717) is 37.4 Å². The van der Waals surface area contributed by atoms with Crippen LogP contribution in [0.25, 0.3) is 11.0 Å². The lowest BCUT2D eigenvalue weighted by Gasteiger charge is -2.07. The molecule has 26 heavy (non-hydrogen) atoms. The number of carbonyl (C=O) groups is 1. The second-order valence-corrected chi connectivity index (χ2v) is 5.86. The van der Waals surface area contributed by atoms with Crippen LogP contribution in [-0.4, -0.2) is 33.8 Å². The lowest BCUT2D eigenvalue weighted by atomic mass is 10.1. The van der Waals surface area contributed by atoms with Gasteiger partial charge in [0.25, 0.3) is 5.91 Å². The molecule has 2 aromatic carbocycles. The number of fused-ring (bicyclic) bond motifs is 1. The van der Waals surface area contributed by atoms with Gasteiger partial charge in [0.1, 0.15) is 5.75 Å². The molecular formula is C19H21N3O4. The van der Waals surface area contributed by atoms with Crippen molar-refractivity contribution in [3.8, 4) is 5.75 Å². The largest absolute Gasteiger partial charge is 0.508 e. The summed E-state index contributed by atoms with van der Waals surface area (Å²) >= 11 is 0. The fraction of sp³-hybridized carbons (Fsp3) is 0.263. The van der Waals surface area contributed by atoms with Crippen LogP contribution in [0.1, 0.15) is 22.8 Å². The highest BCUT2D eigenvalue weighted by atomic mass is 16.5. The number of phenolic OH excluding ortho intramolecular Hbond substituents is 1. The van der Waals surface area contributed by atoms with Crippen LogP contribution in [0, 0.1) is 0 Å². The van der Waals surface area contributed by atoms with Crippen LogP contribution in [0.2, 0.25) is 0 Å². The number of benzene rings is 2. The second-order valence-electron chi connectivity index (χ2n) is 5.86. The number of carbonyl (C=O) groups excluding carboxylic acids is 1. The molecule has 0 saturated heterocycles. The number of rotatable bonds is 7. The van der Waals surface area contributed by atoms with E-state index in [9.17, 15) is 14.7 Å². The van der Waals surface area contributed by atoms with E-state index in [-0.39, 0.29) is 17.3 Å². The molecule has 0 aliphatic heterocycles. The number of hydrogen-bond donors (Lipinski definition) is 3. The molecule has 0 aliphatic rings. The van der Waals surface area contributed by atoms with Crippen LogP contribution in [-0.2, 0) is 17.8 Å². The van der Waals surface area contributed by atoms with Gasteiger partial charge >= 0.3 is 5.69 Å². The Morgan fingerprint density at radius 1 is 1.23 bits per heavy atom. The average molecular weight is 355 g/mol. The van der Waals surface area contributed by atoms with Gasteiger partial charge in [0.05, 0.1) is 24.2 Å². The van der Waals surface area contributed by atoms with Crippen LogP contribution < -0.4 is 11.0 Å². The van der Waals surface area contributed by atoms with Crippen molar-refractivity contribution in [1.82, 2.24) is 14.9 Å². The predicted molar refractivity (Wildman–Crippen MR) is 98.3 cm³/mol. The van der Waals surface area contributed by atoms with Gasteiger partial charge in [0, 0.05) is 18.7 Å². The first-order valence-corrected chi connectivity index (χ1v) is 8.45. The Morgan fingerprint density at radius 3 is 2.73 bits per heavy atom. The summed E-state index contributed by atoms with van der Waals surface area (Å²) in [6, 6.07) is 11.8. The zero-order chi connectivity index (χ0) is 18.5. The SMILES string of the molecule is CCOCCn1c(=O)[nH]c2cc(C(=O)NCc3ccc(O)cc3)ccc21. The highest BCUT2D eigenvalue weighted by molar-refractivity contribution is 5.97. The molecule has 0 bridgehead atoms. The van der Waals surface area contributed by atoms with Crippen molar-refractivity contribution in [2.45, 2.75) is 20.0 Å². The topological polar surface area (TPSA) is 96.4 Å². The second kappa shape index (κ2) is 7.88. The summed E-state index contributed by atoms with van der Waals surface area (Å²) in [4.78, 5) is 27.2. The Hall–Kier alpha value is -3.06. The van der Waals surface area contributed by atoms with Crippen LogP contribution in [0.5, 0.6) is 5.75 Å². The molecule has 0 radical (unpaired) electrons. The molecule has 0 unspecified atom stereocenters. The van der Waals surface area contributed by atoms with E-state index in [1.807, 2.05) is 6.92 Å². The Balaban J connectivity index is 1.72. The Kier molecular flexibility index (Phi) is 5.38. The number of aromatic hydroxyl groups is 1. The van der Waals surface area contributed by atoms with Gasteiger partial charge < -0.3 is 20.1 Å². The maximum Gasteiger partial charge on any atom is 0.326 e. The zero-order valence-corrected chi connectivity index (χ0v) is 14.5. The molecule has 7 heteroatoms. The summed E-state index contributed by atoms with van der Waals surface area (Å²) < 4.78 is 6.90. The first-order chi connectivity index (χ1) is 12.6. The number of hydrogen-bond acceptors (Lipinski definition) is 4. The summed E-state index contributed by atoms with van der Waals surface area (Å²) in [5.74, 6) is -0.0498. The molecule has 1 heterocycles. The minimum Gasteiger partial charge on any atom is -0.508 e. The Morgan fingerprint density at radius 2 is 2.00 bits per heavy atom. The molecule has 0 spiro atoms. The molecule has 0 saturated carbocycles. The predicted octanol–water partition coefficient (Wildman–Crippen LogP) is 2.00. The van der Waals surface area contributed by atoms with Crippen molar-refractivity contribution in [3.05, 3.63) is 64.1 Å². The number of nitrogens with one attached hydrogen (secondary N) is 2. The summed E-state index contributed by atoms with van der Waals surface area (Å²) in [7, 11) is 0.